The van der Waals surface area contributed by atoms with Gasteiger partial charge in [0.15, 0.2) is 0 Å². The Kier molecular flexibility index (Phi) is 3.90. The van der Waals surface area contributed by atoms with Gasteiger partial charge in [-0.15, -0.1) is 0 Å². The van der Waals surface area contributed by atoms with Crippen molar-refractivity contribution in [3.05, 3.63) is 0 Å². The van der Waals surface area contributed by atoms with Crippen molar-refractivity contribution in [2.24, 2.45) is 17.8 Å². The standard InChI is InChI=1S/C13H22N2O3/c1-9(2)8-14-3-5-15(6-4-14)12(16)10-7-11(10)13(17)18/h9-11H,3-8H2,1-2H3,(H,17,18)/t10-,11+/m1/s1. The highest BCUT2D eigenvalue weighted by atomic mass is 16.4. The number of aliphatic carboxylic acids is 1. The summed E-state index contributed by atoms with van der Waals surface area (Å²) in [6.45, 7) is 8.77. The summed E-state index contributed by atoms with van der Waals surface area (Å²) in [5.74, 6) is -0.809. The highest BCUT2D eigenvalue weighted by molar-refractivity contribution is 5.89. The molecule has 2 atom stereocenters. The molecule has 0 aromatic heterocycles. The number of carboxylic acids is 1. The molecule has 0 radical (unpaired) electrons. The van der Waals surface area contributed by atoms with Crippen molar-refractivity contribution in [1.82, 2.24) is 9.80 Å². The number of piperazine rings is 1. The zero-order chi connectivity index (χ0) is 13.3. The van der Waals surface area contributed by atoms with Crippen molar-refractivity contribution in [2.75, 3.05) is 32.7 Å². The van der Waals surface area contributed by atoms with Crippen molar-refractivity contribution in [1.29, 1.82) is 0 Å². The molecule has 0 aromatic rings. The van der Waals surface area contributed by atoms with E-state index in [2.05, 4.69) is 18.7 Å². The fourth-order valence-electron chi connectivity index (χ4n) is 2.64. The van der Waals surface area contributed by atoms with E-state index in [1.807, 2.05) is 4.90 Å². The van der Waals surface area contributed by atoms with E-state index < -0.39 is 11.9 Å². The summed E-state index contributed by atoms with van der Waals surface area (Å²) in [6.07, 6.45) is 0.528. The molecule has 1 amide bonds. The first-order chi connectivity index (χ1) is 8.49. The molecule has 1 N–H and O–H groups in total. The van der Waals surface area contributed by atoms with Gasteiger partial charge in [-0.05, 0) is 12.3 Å². The highest BCUT2D eigenvalue weighted by Gasteiger charge is 2.49. The molecule has 0 spiro atoms. The lowest BCUT2D eigenvalue weighted by atomic mass is 10.2. The maximum Gasteiger partial charge on any atom is 0.307 e. The van der Waals surface area contributed by atoms with Gasteiger partial charge in [0.25, 0.3) is 0 Å². The lowest BCUT2D eigenvalue weighted by Crippen LogP contribution is -2.50. The van der Waals surface area contributed by atoms with Gasteiger partial charge in [0.1, 0.15) is 0 Å². The number of amides is 1. The molecule has 2 fully saturated rings. The van der Waals surface area contributed by atoms with E-state index in [9.17, 15) is 9.59 Å². The second-order valence-corrected chi connectivity index (χ2v) is 5.81. The summed E-state index contributed by atoms with van der Waals surface area (Å²) < 4.78 is 0. The summed E-state index contributed by atoms with van der Waals surface area (Å²) in [5, 5.41) is 8.83. The molecule has 5 nitrogen and oxygen atoms in total. The molecule has 1 aliphatic carbocycles. The Morgan fingerprint density at radius 1 is 1.17 bits per heavy atom. The molecule has 1 saturated carbocycles. The molecule has 2 rings (SSSR count). The van der Waals surface area contributed by atoms with Crippen LogP contribution in [0.1, 0.15) is 20.3 Å². The zero-order valence-electron chi connectivity index (χ0n) is 11.1. The molecule has 2 aliphatic rings. The topological polar surface area (TPSA) is 60.9 Å². The second kappa shape index (κ2) is 5.26. The number of carboxylic acid groups (broad SMARTS) is 1. The van der Waals surface area contributed by atoms with Crippen LogP contribution in [0.4, 0.5) is 0 Å². The molecule has 0 aromatic carbocycles. The number of hydrogen-bond donors (Lipinski definition) is 1. The van der Waals surface area contributed by atoms with Crippen LogP contribution >= 0.6 is 0 Å². The van der Waals surface area contributed by atoms with Crippen molar-refractivity contribution in [2.45, 2.75) is 20.3 Å². The van der Waals surface area contributed by atoms with Gasteiger partial charge in [0.2, 0.25) is 5.91 Å². The maximum atomic E-state index is 12.0. The molecule has 102 valence electrons. The first-order valence-electron chi connectivity index (χ1n) is 6.73. The third-order valence-electron chi connectivity index (χ3n) is 3.73. The van der Waals surface area contributed by atoms with Gasteiger partial charge in [-0.2, -0.15) is 0 Å². The Morgan fingerprint density at radius 3 is 2.22 bits per heavy atom. The molecule has 18 heavy (non-hydrogen) atoms. The third kappa shape index (κ3) is 3.02. The molecule has 0 bridgehead atoms. The van der Waals surface area contributed by atoms with Crippen molar-refractivity contribution < 1.29 is 14.7 Å². The molecule has 1 heterocycles. The second-order valence-electron chi connectivity index (χ2n) is 5.81. The van der Waals surface area contributed by atoms with Gasteiger partial charge >= 0.3 is 5.97 Å². The predicted octanol–water partition coefficient (Wildman–Crippen LogP) is 0.507. The van der Waals surface area contributed by atoms with Crippen molar-refractivity contribution in [3.63, 3.8) is 0 Å². The molecule has 1 saturated heterocycles. The van der Waals surface area contributed by atoms with E-state index in [4.69, 9.17) is 5.11 Å². The van der Waals surface area contributed by atoms with Gasteiger partial charge in [-0.1, -0.05) is 13.8 Å². The fraction of sp³-hybridized carbons (Fsp3) is 0.846. The Morgan fingerprint density at radius 2 is 1.78 bits per heavy atom. The number of rotatable bonds is 4. The summed E-state index contributed by atoms with van der Waals surface area (Å²) in [6, 6.07) is 0. The highest BCUT2D eigenvalue weighted by Crippen LogP contribution is 2.40. The predicted molar refractivity (Wildman–Crippen MR) is 67.1 cm³/mol. The van der Waals surface area contributed by atoms with E-state index in [0.717, 1.165) is 32.7 Å². The number of carbonyl (C=O) groups excluding carboxylic acids is 1. The first kappa shape index (κ1) is 13.3. The largest absolute Gasteiger partial charge is 0.481 e. The minimum absolute atomic E-state index is 0.0478. The molecular formula is C13H22N2O3. The Bertz CT molecular complexity index is 335. The minimum Gasteiger partial charge on any atom is -0.481 e. The van der Waals surface area contributed by atoms with Crippen LogP contribution in [0.3, 0.4) is 0 Å². The van der Waals surface area contributed by atoms with Crippen LogP contribution in [0.5, 0.6) is 0 Å². The minimum atomic E-state index is -0.827. The lowest BCUT2D eigenvalue weighted by Gasteiger charge is -2.35. The van der Waals surface area contributed by atoms with Crippen molar-refractivity contribution >= 4 is 11.9 Å². The quantitative estimate of drug-likeness (QED) is 0.794. The van der Waals surface area contributed by atoms with Crippen molar-refractivity contribution in [3.8, 4) is 0 Å². The molecule has 0 unspecified atom stereocenters. The van der Waals surface area contributed by atoms with Gasteiger partial charge in [0, 0.05) is 32.7 Å². The Hall–Kier alpha value is -1.10. The van der Waals surface area contributed by atoms with E-state index in [0.29, 0.717) is 12.3 Å². The Balaban J connectivity index is 1.76. The lowest BCUT2D eigenvalue weighted by molar-refractivity contribution is -0.142. The van der Waals surface area contributed by atoms with Gasteiger partial charge in [-0.25, -0.2) is 0 Å². The molecule has 5 heteroatoms. The summed E-state index contributed by atoms with van der Waals surface area (Å²) in [4.78, 5) is 27.0. The van der Waals surface area contributed by atoms with Crippen LogP contribution in [0.25, 0.3) is 0 Å². The zero-order valence-corrected chi connectivity index (χ0v) is 11.1. The Labute approximate surface area is 108 Å². The van der Waals surface area contributed by atoms with E-state index in [1.54, 1.807) is 0 Å². The average molecular weight is 254 g/mol. The van der Waals surface area contributed by atoms with Gasteiger partial charge in [0.05, 0.1) is 11.8 Å². The van der Waals surface area contributed by atoms with E-state index in [1.165, 1.54) is 0 Å². The van der Waals surface area contributed by atoms with Gasteiger partial charge in [-0.3, -0.25) is 14.5 Å². The number of carbonyl (C=O) groups is 2. The first-order valence-corrected chi connectivity index (χ1v) is 6.73. The molecular weight excluding hydrogens is 232 g/mol. The normalized spacial score (nSPS) is 28.5. The van der Waals surface area contributed by atoms with Crippen LogP contribution in [0.2, 0.25) is 0 Å². The maximum absolute atomic E-state index is 12.0. The summed E-state index contributed by atoms with van der Waals surface area (Å²) >= 11 is 0. The number of nitrogens with zero attached hydrogens (tertiary/aromatic N) is 2. The van der Waals surface area contributed by atoms with Crippen LogP contribution in [-0.2, 0) is 9.59 Å². The molecule has 1 aliphatic heterocycles. The van der Waals surface area contributed by atoms with Crippen LogP contribution in [-0.4, -0.2) is 59.5 Å². The number of hydrogen-bond acceptors (Lipinski definition) is 3. The SMILES string of the molecule is CC(C)CN1CCN(C(=O)[C@@H]2C[C@@H]2C(=O)O)CC1. The van der Waals surface area contributed by atoms with E-state index >= 15 is 0 Å². The van der Waals surface area contributed by atoms with Gasteiger partial charge < -0.3 is 10.0 Å². The summed E-state index contributed by atoms with van der Waals surface area (Å²) in [7, 11) is 0. The van der Waals surface area contributed by atoms with Crippen LogP contribution in [0.15, 0.2) is 0 Å². The average Bonchev–Trinajstić information content (AvgIpc) is 3.08. The third-order valence-corrected chi connectivity index (χ3v) is 3.73. The van der Waals surface area contributed by atoms with E-state index in [-0.39, 0.29) is 11.8 Å². The summed E-state index contributed by atoms with van der Waals surface area (Å²) in [5.41, 5.74) is 0. The smallest absolute Gasteiger partial charge is 0.307 e. The van der Waals surface area contributed by atoms with Crippen LogP contribution in [0, 0.1) is 17.8 Å². The fourth-order valence-corrected chi connectivity index (χ4v) is 2.64. The van der Waals surface area contributed by atoms with Crippen LogP contribution < -0.4 is 0 Å². The monoisotopic (exact) mass is 254 g/mol.